The van der Waals surface area contributed by atoms with Gasteiger partial charge in [-0.25, -0.2) is 0 Å². The van der Waals surface area contributed by atoms with Crippen molar-refractivity contribution in [2.24, 2.45) is 10.4 Å². The van der Waals surface area contributed by atoms with Gasteiger partial charge in [0.1, 0.15) is 0 Å². The van der Waals surface area contributed by atoms with E-state index in [1.165, 1.54) is 14.8 Å². The number of rotatable bonds is 3. The van der Waals surface area contributed by atoms with Crippen LogP contribution < -0.4 is 5.32 Å². The van der Waals surface area contributed by atoms with E-state index in [9.17, 15) is 0 Å². The summed E-state index contributed by atoms with van der Waals surface area (Å²) in [5, 5.41) is 3.55. The Kier molecular flexibility index (Phi) is 4.12. The zero-order valence-electron chi connectivity index (χ0n) is 12.9. The minimum Gasteiger partial charge on any atom is -0.387 e. The van der Waals surface area contributed by atoms with Gasteiger partial charge in [-0.1, -0.05) is 32.1 Å². The highest BCUT2D eigenvalue weighted by Crippen LogP contribution is 2.39. The first-order valence-electron chi connectivity index (χ1n) is 7.67. The average Bonchev–Trinajstić information content (AvgIpc) is 2.95. The Labute approximate surface area is 141 Å². The van der Waals surface area contributed by atoms with Crippen molar-refractivity contribution in [1.29, 1.82) is 0 Å². The predicted molar refractivity (Wildman–Crippen MR) is 97.9 cm³/mol. The third-order valence-electron chi connectivity index (χ3n) is 4.77. The smallest absolute Gasteiger partial charge is 0.0573 e. The van der Waals surface area contributed by atoms with Gasteiger partial charge in [0, 0.05) is 21.2 Å². The molecule has 1 aromatic rings. The number of hydrogen-bond acceptors (Lipinski definition) is 2. The Balaban J connectivity index is 1.75. The Morgan fingerprint density at radius 1 is 1.29 bits per heavy atom. The number of aliphatic imine (C=N–C) groups is 1. The fourth-order valence-corrected chi connectivity index (χ4v) is 4.00. The summed E-state index contributed by atoms with van der Waals surface area (Å²) in [5.41, 5.74) is 3.00. The van der Waals surface area contributed by atoms with Crippen LogP contribution >= 0.6 is 22.6 Å². The molecule has 2 heterocycles. The lowest BCUT2D eigenvalue weighted by Gasteiger charge is -2.30. The SMILES string of the molecule is CC1=NC(CC2NC=CC2c2ccc(I)cc2)C(C)(C)C1. The molecule has 0 spiro atoms. The van der Waals surface area contributed by atoms with Crippen LogP contribution in [0.2, 0.25) is 0 Å². The van der Waals surface area contributed by atoms with Gasteiger partial charge in [-0.3, -0.25) is 4.99 Å². The van der Waals surface area contributed by atoms with E-state index in [4.69, 9.17) is 4.99 Å². The topological polar surface area (TPSA) is 24.4 Å². The second-order valence-corrected chi connectivity index (χ2v) is 8.24. The van der Waals surface area contributed by atoms with Crippen LogP contribution in [0.4, 0.5) is 0 Å². The average molecular weight is 394 g/mol. The van der Waals surface area contributed by atoms with Crippen LogP contribution in [0.15, 0.2) is 41.5 Å². The van der Waals surface area contributed by atoms with E-state index >= 15 is 0 Å². The first-order valence-corrected chi connectivity index (χ1v) is 8.75. The van der Waals surface area contributed by atoms with Crippen molar-refractivity contribution in [1.82, 2.24) is 5.32 Å². The minimum absolute atomic E-state index is 0.297. The molecule has 1 N–H and O–H groups in total. The number of nitrogens with one attached hydrogen (secondary N) is 1. The Morgan fingerprint density at radius 3 is 2.62 bits per heavy atom. The highest BCUT2D eigenvalue weighted by Gasteiger charge is 2.38. The molecule has 3 unspecified atom stereocenters. The van der Waals surface area contributed by atoms with Gasteiger partial charge in [-0.15, -0.1) is 0 Å². The third kappa shape index (κ3) is 3.17. The summed E-state index contributed by atoms with van der Waals surface area (Å²) in [6.45, 7) is 6.86. The molecule has 112 valence electrons. The molecule has 3 heteroatoms. The molecule has 1 aromatic carbocycles. The van der Waals surface area contributed by atoms with Gasteiger partial charge in [0.15, 0.2) is 0 Å². The van der Waals surface area contributed by atoms with Gasteiger partial charge in [0.25, 0.3) is 0 Å². The van der Waals surface area contributed by atoms with Crippen molar-refractivity contribution in [3.05, 3.63) is 45.7 Å². The highest BCUT2D eigenvalue weighted by molar-refractivity contribution is 14.1. The van der Waals surface area contributed by atoms with Gasteiger partial charge in [0.2, 0.25) is 0 Å². The maximum absolute atomic E-state index is 4.89. The molecule has 0 bridgehead atoms. The monoisotopic (exact) mass is 394 g/mol. The van der Waals surface area contributed by atoms with E-state index in [1.807, 2.05) is 0 Å². The standard InChI is InChI=1S/C18H23IN2/c1-12-11-18(2,3)17(21-12)10-16-15(8-9-20-16)13-4-6-14(19)7-5-13/h4-9,15-17,20H,10-11H2,1-3H3. The molecule has 2 aliphatic rings. The maximum atomic E-state index is 4.89. The van der Waals surface area contributed by atoms with Crippen molar-refractivity contribution in [3.8, 4) is 0 Å². The molecule has 0 saturated carbocycles. The van der Waals surface area contributed by atoms with Crippen LogP contribution in [-0.4, -0.2) is 17.8 Å². The Morgan fingerprint density at radius 2 is 2.00 bits per heavy atom. The lowest BCUT2D eigenvalue weighted by atomic mass is 9.78. The van der Waals surface area contributed by atoms with Crippen LogP contribution in [0.1, 0.15) is 45.1 Å². The van der Waals surface area contributed by atoms with E-state index < -0.39 is 0 Å². The molecule has 0 amide bonds. The number of hydrogen-bond donors (Lipinski definition) is 1. The van der Waals surface area contributed by atoms with Gasteiger partial charge < -0.3 is 5.32 Å². The van der Waals surface area contributed by atoms with Crippen LogP contribution in [0.5, 0.6) is 0 Å². The molecule has 0 aliphatic carbocycles. The maximum Gasteiger partial charge on any atom is 0.0573 e. The molecular formula is C18H23IN2. The summed E-state index contributed by atoms with van der Waals surface area (Å²) in [6, 6.07) is 9.79. The van der Waals surface area contributed by atoms with Crippen LogP contribution in [-0.2, 0) is 0 Å². The van der Waals surface area contributed by atoms with E-state index in [2.05, 4.69) is 85.2 Å². The molecule has 0 saturated heterocycles. The number of benzene rings is 1. The Hall–Kier alpha value is -0.840. The minimum atomic E-state index is 0.297. The van der Waals surface area contributed by atoms with Gasteiger partial charge in [-0.05, 0) is 71.7 Å². The lowest BCUT2D eigenvalue weighted by molar-refractivity contribution is 0.286. The first kappa shape index (κ1) is 15.1. The van der Waals surface area contributed by atoms with Crippen molar-refractivity contribution < 1.29 is 0 Å². The quantitative estimate of drug-likeness (QED) is 0.750. The summed E-state index contributed by atoms with van der Waals surface area (Å²) < 4.78 is 1.29. The van der Waals surface area contributed by atoms with Gasteiger partial charge >= 0.3 is 0 Å². The highest BCUT2D eigenvalue weighted by atomic mass is 127. The second kappa shape index (κ2) is 5.75. The lowest BCUT2D eigenvalue weighted by Crippen LogP contribution is -2.34. The molecule has 3 atom stereocenters. The number of nitrogens with zero attached hydrogens (tertiary/aromatic N) is 1. The molecule has 21 heavy (non-hydrogen) atoms. The zero-order valence-corrected chi connectivity index (χ0v) is 15.1. The second-order valence-electron chi connectivity index (χ2n) is 6.99. The molecule has 3 rings (SSSR count). The van der Waals surface area contributed by atoms with Crippen molar-refractivity contribution in [2.75, 3.05) is 0 Å². The van der Waals surface area contributed by atoms with Crippen LogP contribution in [0.25, 0.3) is 0 Å². The molecule has 0 aromatic heterocycles. The van der Waals surface area contributed by atoms with E-state index in [-0.39, 0.29) is 0 Å². The molecule has 2 aliphatic heterocycles. The summed E-state index contributed by atoms with van der Waals surface area (Å²) in [5.74, 6) is 0.467. The molecular weight excluding hydrogens is 371 g/mol. The molecule has 2 nitrogen and oxygen atoms in total. The van der Waals surface area contributed by atoms with Crippen molar-refractivity contribution >= 4 is 28.3 Å². The predicted octanol–water partition coefficient (Wildman–Crippen LogP) is 4.51. The summed E-state index contributed by atoms with van der Waals surface area (Å²) in [7, 11) is 0. The van der Waals surface area contributed by atoms with E-state index in [0.29, 0.717) is 23.4 Å². The van der Waals surface area contributed by atoms with E-state index in [1.54, 1.807) is 0 Å². The Bertz CT molecular complexity index is 571. The zero-order chi connectivity index (χ0) is 15.0. The fraction of sp³-hybridized carbons (Fsp3) is 0.500. The van der Waals surface area contributed by atoms with Crippen LogP contribution in [0.3, 0.4) is 0 Å². The summed E-state index contributed by atoms with van der Waals surface area (Å²) in [4.78, 5) is 4.89. The summed E-state index contributed by atoms with van der Waals surface area (Å²) >= 11 is 2.36. The van der Waals surface area contributed by atoms with Crippen LogP contribution in [0, 0.1) is 8.99 Å². The normalized spacial score (nSPS) is 30.3. The fourth-order valence-electron chi connectivity index (χ4n) is 3.64. The van der Waals surface area contributed by atoms with Crippen molar-refractivity contribution in [3.63, 3.8) is 0 Å². The van der Waals surface area contributed by atoms with E-state index in [0.717, 1.165) is 12.8 Å². The first-order chi connectivity index (χ1) is 9.95. The third-order valence-corrected chi connectivity index (χ3v) is 5.49. The summed E-state index contributed by atoms with van der Waals surface area (Å²) in [6.07, 6.45) is 6.65. The van der Waals surface area contributed by atoms with Crippen molar-refractivity contribution in [2.45, 2.75) is 51.6 Å². The largest absolute Gasteiger partial charge is 0.387 e. The van der Waals surface area contributed by atoms with Gasteiger partial charge in [-0.2, -0.15) is 0 Å². The number of halogens is 1. The molecule has 0 radical (unpaired) electrons. The van der Waals surface area contributed by atoms with Gasteiger partial charge in [0.05, 0.1) is 6.04 Å². The molecule has 0 fully saturated rings.